The largest absolute Gasteiger partial charge is 0.379 e. The Labute approximate surface area is 229 Å². The van der Waals surface area contributed by atoms with Gasteiger partial charge < -0.3 is 14.5 Å². The van der Waals surface area contributed by atoms with E-state index in [1.165, 1.54) is 89.9 Å². The van der Waals surface area contributed by atoms with E-state index in [9.17, 15) is 0 Å². The van der Waals surface area contributed by atoms with Crippen molar-refractivity contribution in [1.29, 1.82) is 0 Å². The highest BCUT2D eigenvalue weighted by atomic mass is 16.5. The lowest BCUT2D eigenvalue weighted by Crippen LogP contribution is -2.52. The number of ether oxygens (including phenoxy) is 1. The molecule has 2 unspecified atom stereocenters. The van der Waals surface area contributed by atoms with Crippen LogP contribution in [0.4, 0.5) is 0 Å². The van der Waals surface area contributed by atoms with Gasteiger partial charge in [-0.25, -0.2) is 0 Å². The van der Waals surface area contributed by atoms with Gasteiger partial charge in [0.2, 0.25) is 0 Å². The number of piperazine rings is 1. The van der Waals surface area contributed by atoms with Crippen LogP contribution in [0.1, 0.15) is 91.2 Å². The van der Waals surface area contributed by atoms with Crippen LogP contribution in [0.25, 0.3) is 0 Å². The Hall–Kier alpha value is -0.940. The van der Waals surface area contributed by atoms with Crippen molar-refractivity contribution in [2.45, 2.75) is 91.2 Å². The summed E-state index contributed by atoms with van der Waals surface area (Å²) in [4.78, 5) is 8.27. The first-order valence-corrected chi connectivity index (χ1v) is 15.4. The van der Waals surface area contributed by atoms with E-state index in [4.69, 9.17) is 4.74 Å². The van der Waals surface area contributed by atoms with Crippen LogP contribution in [0.2, 0.25) is 0 Å². The molecule has 0 N–H and O–H groups in total. The van der Waals surface area contributed by atoms with Gasteiger partial charge in [0.1, 0.15) is 0 Å². The van der Waals surface area contributed by atoms with Crippen molar-refractivity contribution >= 4 is 0 Å². The van der Waals surface area contributed by atoms with Crippen LogP contribution in [0.5, 0.6) is 0 Å². The summed E-state index contributed by atoms with van der Waals surface area (Å²) in [7, 11) is 1.84. The van der Waals surface area contributed by atoms with Gasteiger partial charge in [-0.05, 0) is 81.4 Å². The topological polar surface area (TPSA) is 19.0 Å². The molecule has 0 radical (unpaired) electrons. The van der Waals surface area contributed by atoms with Crippen molar-refractivity contribution in [2.24, 2.45) is 23.2 Å². The van der Waals surface area contributed by atoms with Gasteiger partial charge in [-0.15, -0.1) is 0 Å². The Balaban J connectivity index is 1.31. The molecule has 1 saturated carbocycles. The Bertz CT molecular complexity index is 793. The first kappa shape index (κ1) is 29.1. The molecule has 3 aliphatic rings. The zero-order valence-electron chi connectivity index (χ0n) is 25.1. The van der Waals surface area contributed by atoms with Crippen LogP contribution in [0, 0.1) is 23.2 Å². The van der Waals surface area contributed by atoms with Crippen molar-refractivity contribution in [2.75, 3.05) is 59.5 Å². The lowest BCUT2D eigenvalue weighted by Gasteiger charge is -2.45. The minimum absolute atomic E-state index is 0.0631. The van der Waals surface area contributed by atoms with E-state index in [-0.39, 0.29) is 11.0 Å². The molecule has 2 saturated heterocycles. The van der Waals surface area contributed by atoms with E-state index in [1.54, 1.807) is 0 Å². The lowest BCUT2D eigenvalue weighted by atomic mass is 9.72. The number of methoxy groups -OCH3 is 1. The van der Waals surface area contributed by atoms with Gasteiger partial charge in [0.15, 0.2) is 0 Å². The minimum Gasteiger partial charge on any atom is -0.379 e. The highest BCUT2D eigenvalue weighted by Gasteiger charge is 2.34. The Morgan fingerprint density at radius 3 is 2.14 bits per heavy atom. The quantitative estimate of drug-likeness (QED) is 0.347. The van der Waals surface area contributed by atoms with Gasteiger partial charge in [0.05, 0.1) is 5.60 Å². The van der Waals surface area contributed by atoms with Crippen molar-refractivity contribution in [3.05, 3.63) is 35.9 Å². The predicted octanol–water partition coefficient (Wildman–Crippen LogP) is 6.72. The fraction of sp³-hybridized carbons (Fsp3) is 0.818. The number of piperidine rings is 1. The fourth-order valence-electron chi connectivity index (χ4n) is 7.99. The fourth-order valence-corrected chi connectivity index (χ4v) is 7.99. The van der Waals surface area contributed by atoms with Crippen molar-refractivity contribution < 1.29 is 4.74 Å². The van der Waals surface area contributed by atoms with Crippen molar-refractivity contribution in [3.63, 3.8) is 0 Å². The van der Waals surface area contributed by atoms with Crippen molar-refractivity contribution in [1.82, 2.24) is 14.7 Å². The normalized spacial score (nSPS) is 26.9. The second-order valence-electron chi connectivity index (χ2n) is 14.2. The number of hydrogen-bond donors (Lipinski definition) is 0. The summed E-state index contributed by atoms with van der Waals surface area (Å²) in [6, 6.07) is 11.9. The van der Waals surface area contributed by atoms with Crippen LogP contribution in [-0.4, -0.2) is 79.8 Å². The molecule has 0 spiro atoms. The molecule has 4 nitrogen and oxygen atoms in total. The van der Waals surface area contributed by atoms with Gasteiger partial charge in [-0.2, -0.15) is 0 Å². The summed E-state index contributed by atoms with van der Waals surface area (Å²) in [5, 5.41) is 0. The van der Waals surface area contributed by atoms with Crippen LogP contribution in [-0.2, 0) is 4.74 Å². The van der Waals surface area contributed by atoms with E-state index in [1.807, 2.05) is 7.11 Å². The van der Waals surface area contributed by atoms with Gasteiger partial charge in [0, 0.05) is 52.4 Å². The van der Waals surface area contributed by atoms with Crippen LogP contribution < -0.4 is 0 Å². The van der Waals surface area contributed by atoms with E-state index in [2.05, 4.69) is 79.7 Å². The maximum atomic E-state index is 5.75. The van der Waals surface area contributed by atoms with Crippen LogP contribution in [0.3, 0.4) is 0 Å². The molecule has 4 heteroatoms. The Kier molecular flexibility index (Phi) is 10.2. The minimum atomic E-state index is -0.0631. The maximum Gasteiger partial charge on any atom is 0.0628 e. The van der Waals surface area contributed by atoms with Gasteiger partial charge in [-0.1, -0.05) is 70.4 Å². The summed E-state index contributed by atoms with van der Waals surface area (Å²) >= 11 is 0. The smallest absolute Gasteiger partial charge is 0.0628 e. The molecular weight excluding hydrogens is 454 g/mol. The van der Waals surface area contributed by atoms with E-state index in [0.717, 1.165) is 30.7 Å². The zero-order valence-corrected chi connectivity index (χ0v) is 25.1. The standard InChI is InChI=1S/C33H57N3O/c1-27-11-10-14-30(23-27)28-15-17-34(18-16-28)24-31(29-12-8-7-9-13-29)36-21-19-35(20-22-36)26-32(2,3)25-33(4,5)37-6/h7-9,12-13,27-28,30-31H,10-11,14-26H2,1-6H3/t27-,30?,31?/m0/s1. The van der Waals surface area contributed by atoms with Crippen molar-refractivity contribution in [3.8, 4) is 0 Å². The summed E-state index contributed by atoms with van der Waals surface area (Å²) in [5.41, 5.74) is 1.69. The Morgan fingerprint density at radius 2 is 1.51 bits per heavy atom. The van der Waals surface area contributed by atoms with E-state index >= 15 is 0 Å². The first-order valence-electron chi connectivity index (χ1n) is 15.4. The predicted molar refractivity (Wildman–Crippen MR) is 157 cm³/mol. The van der Waals surface area contributed by atoms with E-state index < -0.39 is 0 Å². The molecule has 1 aromatic rings. The monoisotopic (exact) mass is 511 g/mol. The molecule has 4 rings (SSSR count). The number of likely N-dealkylation sites (tertiary alicyclic amines) is 1. The summed E-state index contributed by atoms with van der Waals surface area (Å²) < 4.78 is 5.75. The summed E-state index contributed by atoms with van der Waals surface area (Å²) in [5.74, 6) is 2.93. The third-order valence-electron chi connectivity index (χ3n) is 9.85. The molecule has 2 aliphatic heterocycles. The average Bonchev–Trinajstić information content (AvgIpc) is 2.88. The summed E-state index contributed by atoms with van der Waals surface area (Å²) in [6.45, 7) is 21.3. The molecule has 3 atom stereocenters. The first-order chi connectivity index (χ1) is 17.6. The number of benzene rings is 1. The van der Waals surface area contributed by atoms with Gasteiger partial charge in [-0.3, -0.25) is 4.90 Å². The molecule has 37 heavy (non-hydrogen) atoms. The van der Waals surface area contributed by atoms with Crippen LogP contribution >= 0.6 is 0 Å². The third-order valence-corrected chi connectivity index (χ3v) is 9.85. The second kappa shape index (κ2) is 12.9. The van der Waals surface area contributed by atoms with E-state index in [0.29, 0.717) is 6.04 Å². The molecule has 2 heterocycles. The summed E-state index contributed by atoms with van der Waals surface area (Å²) in [6.07, 6.45) is 9.82. The lowest BCUT2D eigenvalue weighted by molar-refractivity contribution is -0.0253. The van der Waals surface area contributed by atoms with Gasteiger partial charge >= 0.3 is 0 Å². The molecule has 0 aromatic heterocycles. The SMILES string of the molecule is COC(C)(C)CC(C)(C)CN1CCN(C(CN2CCC(C3CCC[C@H](C)C3)CC2)c2ccccc2)CC1. The molecule has 3 fully saturated rings. The molecule has 1 aromatic carbocycles. The van der Waals surface area contributed by atoms with Gasteiger partial charge in [0.25, 0.3) is 0 Å². The number of nitrogens with zero attached hydrogens (tertiary/aromatic N) is 3. The maximum absolute atomic E-state index is 5.75. The molecule has 0 amide bonds. The molecule has 0 bridgehead atoms. The highest BCUT2D eigenvalue weighted by molar-refractivity contribution is 5.20. The molecule has 210 valence electrons. The number of hydrogen-bond acceptors (Lipinski definition) is 4. The Morgan fingerprint density at radius 1 is 0.838 bits per heavy atom. The number of rotatable bonds is 10. The molecular formula is C33H57N3O. The molecule has 1 aliphatic carbocycles. The average molecular weight is 512 g/mol. The zero-order chi connectivity index (χ0) is 26.5. The third kappa shape index (κ3) is 8.52. The second-order valence-corrected chi connectivity index (χ2v) is 14.2. The van der Waals surface area contributed by atoms with Crippen LogP contribution in [0.15, 0.2) is 30.3 Å². The highest BCUT2D eigenvalue weighted by Crippen LogP contribution is 2.38.